The van der Waals surface area contributed by atoms with E-state index < -0.39 is 5.41 Å². The lowest BCUT2D eigenvalue weighted by atomic mass is 9.64. The van der Waals surface area contributed by atoms with E-state index >= 15 is 0 Å². The van der Waals surface area contributed by atoms with E-state index in [1.807, 2.05) is 56.3 Å². The predicted octanol–water partition coefficient (Wildman–Crippen LogP) is 3.99. The van der Waals surface area contributed by atoms with Crippen molar-refractivity contribution < 1.29 is 4.79 Å². The Bertz CT molecular complexity index is 1010. The van der Waals surface area contributed by atoms with Crippen molar-refractivity contribution in [2.24, 2.45) is 0 Å². The average Bonchev–Trinajstić information content (AvgIpc) is 3.01. The molecule has 138 valence electrons. The van der Waals surface area contributed by atoms with Crippen molar-refractivity contribution in [3.8, 4) is 5.69 Å². The Kier molecular flexibility index (Phi) is 4.44. The molecule has 0 unspecified atom stereocenters. The smallest absolute Gasteiger partial charge is 0.235 e. The van der Waals surface area contributed by atoms with Crippen LogP contribution in [0.4, 0.5) is 5.69 Å². The van der Waals surface area contributed by atoms with Gasteiger partial charge >= 0.3 is 0 Å². The monoisotopic (exact) mass is 381 g/mol. The zero-order valence-electron chi connectivity index (χ0n) is 15.2. The number of hydrogen-bond donors (Lipinski definition) is 1. The summed E-state index contributed by atoms with van der Waals surface area (Å²) in [6.07, 6.45) is 2.68. The van der Waals surface area contributed by atoms with Gasteiger partial charge < -0.3 is 5.32 Å². The fourth-order valence-electron chi connectivity index (χ4n) is 3.58. The van der Waals surface area contributed by atoms with Gasteiger partial charge in [0, 0.05) is 10.7 Å². The minimum absolute atomic E-state index is 0.000688. The van der Waals surface area contributed by atoms with E-state index in [1.165, 1.54) is 0 Å². The number of aromatic nitrogens is 4. The van der Waals surface area contributed by atoms with Crippen LogP contribution in [0.25, 0.3) is 5.69 Å². The van der Waals surface area contributed by atoms with Crippen molar-refractivity contribution in [2.45, 2.75) is 38.5 Å². The molecule has 0 aliphatic heterocycles. The van der Waals surface area contributed by atoms with Gasteiger partial charge in [-0.25, -0.2) is 0 Å². The molecule has 6 nitrogen and oxygen atoms in total. The Morgan fingerprint density at radius 2 is 2.00 bits per heavy atom. The van der Waals surface area contributed by atoms with Gasteiger partial charge in [0.05, 0.1) is 11.1 Å². The molecule has 0 radical (unpaired) electrons. The maximum absolute atomic E-state index is 13.2. The molecule has 1 aliphatic rings. The number of tetrazole rings is 1. The van der Waals surface area contributed by atoms with Crippen molar-refractivity contribution in [1.29, 1.82) is 0 Å². The number of hydrogen-bond acceptors (Lipinski definition) is 4. The van der Waals surface area contributed by atoms with Crippen molar-refractivity contribution >= 4 is 23.2 Å². The molecule has 4 rings (SSSR count). The molecule has 1 N–H and O–H groups in total. The second kappa shape index (κ2) is 6.78. The zero-order valence-corrected chi connectivity index (χ0v) is 16.0. The molecule has 2 aromatic carbocycles. The highest BCUT2D eigenvalue weighted by Crippen LogP contribution is 2.45. The van der Waals surface area contributed by atoms with Gasteiger partial charge in [-0.05, 0) is 72.5 Å². The van der Waals surface area contributed by atoms with Gasteiger partial charge in [-0.3, -0.25) is 4.79 Å². The zero-order chi connectivity index (χ0) is 19.0. The average molecular weight is 382 g/mol. The molecule has 1 saturated carbocycles. The number of anilines is 1. The van der Waals surface area contributed by atoms with Crippen LogP contribution in [0, 0.1) is 13.8 Å². The van der Waals surface area contributed by atoms with Crippen LogP contribution in [0.5, 0.6) is 0 Å². The summed E-state index contributed by atoms with van der Waals surface area (Å²) in [7, 11) is 0. The summed E-state index contributed by atoms with van der Waals surface area (Å²) in [4.78, 5) is 13.2. The summed E-state index contributed by atoms with van der Waals surface area (Å²) >= 11 is 6.15. The predicted molar refractivity (Wildman–Crippen MR) is 104 cm³/mol. The van der Waals surface area contributed by atoms with E-state index in [0.717, 1.165) is 41.8 Å². The van der Waals surface area contributed by atoms with Crippen LogP contribution in [-0.2, 0) is 10.2 Å². The number of amides is 1. The molecule has 1 fully saturated rings. The van der Waals surface area contributed by atoms with Crippen molar-refractivity contribution in [3.63, 3.8) is 0 Å². The van der Waals surface area contributed by atoms with E-state index in [9.17, 15) is 4.79 Å². The minimum atomic E-state index is -0.513. The molecule has 27 heavy (non-hydrogen) atoms. The number of halogens is 1. The molecule has 7 heteroatoms. The first-order valence-electron chi connectivity index (χ1n) is 8.93. The molecule has 3 aromatic rings. The first kappa shape index (κ1) is 17.7. The van der Waals surface area contributed by atoms with Crippen LogP contribution < -0.4 is 5.32 Å². The quantitative estimate of drug-likeness (QED) is 0.741. The maximum atomic E-state index is 13.2. The molecule has 0 saturated heterocycles. The summed E-state index contributed by atoms with van der Waals surface area (Å²) in [6, 6.07) is 13.4. The van der Waals surface area contributed by atoms with Gasteiger partial charge in [0.2, 0.25) is 5.91 Å². The largest absolute Gasteiger partial charge is 0.325 e. The lowest BCUT2D eigenvalue weighted by molar-refractivity contribution is -0.124. The summed E-state index contributed by atoms with van der Waals surface area (Å²) in [5.41, 5.74) is 3.06. The molecular formula is C20H20ClN5O. The minimum Gasteiger partial charge on any atom is -0.325 e. The van der Waals surface area contributed by atoms with E-state index in [0.29, 0.717) is 10.8 Å². The van der Waals surface area contributed by atoms with Gasteiger partial charge in [-0.1, -0.05) is 36.2 Å². The lowest BCUT2D eigenvalue weighted by Crippen LogP contribution is -2.46. The fourth-order valence-corrected chi connectivity index (χ4v) is 3.77. The Balaban J connectivity index is 1.64. The van der Waals surface area contributed by atoms with Gasteiger partial charge in [0.25, 0.3) is 0 Å². The lowest BCUT2D eigenvalue weighted by Gasteiger charge is -2.40. The number of nitrogens with zero attached hydrogens (tertiary/aromatic N) is 4. The summed E-state index contributed by atoms with van der Waals surface area (Å²) < 4.78 is 1.67. The Hall–Kier alpha value is -2.73. The molecule has 1 aromatic heterocycles. The van der Waals surface area contributed by atoms with E-state index in [2.05, 4.69) is 20.8 Å². The number of nitrogens with one attached hydrogen (secondary N) is 1. The van der Waals surface area contributed by atoms with Crippen LogP contribution in [0.1, 0.15) is 36.2 Å². The third-order valence-electron chi connectivity index (χ3n) is 5.34. The number of benzene rings is 2. The molecule has 1 heterocycles. The third kappa shape index (κ3) is 3.10. The van der Waals surface area contributed by atoms with Crippen molar-refractivity contribution in [2.75, 3.05) is 5.32 Å². The number of aryl methyl sites for hydroxylation is 2. The summed E-state index contributed by atoms with van der Waals surface area (Å²) in [6.45, 7) is 3.83. The van der Waals surface area contributed by atoms with Crippen molar-refractivity contribution in [1.82, 2.24) is 20.2 Å². The molecule has 1 amide bonds. The third-order valence-corrected chi connectivity index (χ3v) is 5.57. The van der Waals surface area contributed by atoms with Gasteiger partial charge in [0.1, 0.15) is 0 Å². The number of carbonyl (C=O) groups is 1. The standard InChI is InChI=1S/C20H20ClN5O/c1-13-7-8-17(12-18(13)26-14(2)23-24-25-26)22-19(27)20(9-4-10-20)15-5-3-6-16(21)11-15/h3,5-8,11-12H,4,9-10H2,1-2H3,(H,22,27). The normalized spacial score (nSPS) is 15.2. The number of carbonyl (C=O) groups excluding carboxylic acids is 1. The molecule has 0 spiro atoms. The van der Waals surface area contributed by atoms with Gasteiger partial charge in [0.15, 0.2) is 5.82 Å². The van der Waals surface area contributed by atoms with Crippen LogP contribution in [0.2, 0.25) is 5.02 Å². The van der Waals surface area contributed by atoms with Gasteiger partial charge in [-0.15, -0.1) is 5.10 Å². The van der Waals surface area contributed by atoms with Gasteiger partial charge in [-0.2, -0.15) is 4.68 Å². The van der Waals surface area contributed by atoms with E-state index in [4.69, 9.17) is 11.6 Å². The number of rotatable bonds is 4. The second-order valence-corrected chi connectivity index (χ2v) is 7.48. The molecule has 1 aliphatic carbocycles. The van der Waals surface area contributed by atoms with Crippen LogP contribution in [0.15, 0.2) is 42.5 Å². The SMILES string of the molecule is Cc1ccc(NC(=O)C2(c3cccc(Cl)c3)CCC2)cc1-n1nnnc1C. The first-order chi connectivity index (χ1) is 13.0. The highest BCUT2D eigenvalue weighted by molar-refractivity contribution is 6.30. The topological polar surface area (TPSA) is 72.7 Å². The van der Waals surface area contributed by atoms with E-state index in [-0.39, 0.29) is 5.91 Å². The van der Waals surface area contributed by atoms with Crippen LogP contribution in [0.3, 0.4) is 0 Å². The summed E-state index contributed by atoms with van der Waals surface area (Å²) in [5, 5.41) is 15.4. The Morgan fingerprint density at radius 1 is 1.19 bits per heavy atom. The maximum Gasteiger partial charge on any atom is 0.235 e. The first-order valence-corrected chi connectivity index (χ1v) is 9.31. The molecular weight excluding hydrogens is 362 g/mol. The van der Waals surface area contributed by atoms with Crippen molar-refractivity contribution in [3.05, 3.63) is 64.4 Å². The van der Waals surface area contributed by atoms with Crippen LogP contribution >= 0.6 is 11.6 Å². The Morgan fingerprint density at radius 3 is 2.63 bits per heavy atom. The molecule has 0 bridgehead atoms. The fraction of sp³-hybridized carbons (Fsp3) is 0.300. The second-order valence-electron chi connectivity index (χ2n) is 7.04. The van der Waals surface area contributed by atoms with E-state index in [1.54, 1.807) is 4.68 Å². The highest BCUT2D eigenvalue weighted by atomic mass is 35.5. The van der Waals surface area contributed by atoms with Crippen LogP contribution in [-0.4, -0.2) is 26.1 Å². The Labute approximate surface area is 162 Å². The summed E-state index contributed by atoms with van der Waals surface area (Å²) in [5.74, 6) is 0.690. The highest BCUT2D eigenvalue weighted by Gasteiger charge is 2.45. The molecule has 0 atom stereocenters.